The molecular weight excluding hydrogens is 390 g/mol. The molecule has 1 aliphatic heterocycles. The molecule has 0 radical (unpaired) electrons. The van der Waals surface area contributed by atoms with Crippen LogP contribution in [-0.4, -0.2) is 33.1 Å². The van der Waals surface area contributed by atoms with Gasteiger partial charge in [0.2, 0.25) is 10.0 Å². The van der Waals surface area contributed by atoms with Crippen molar-refractivity contribution < 1.29 is 13.2 Å². The molecule has 118 valence electrons. The van der Waals surface area contributed by atoms with Crippen LogP contribution in [0.5, 0.6) is 0 Å². The Morgan fingerprint density at radius 3 is 2.73 bits per heavy atom. The maximum atomic E-state index is 11.3. The Bertz CT molecular complexity index is 761. The Morgan fingerprint density at radius 1 is 1.36 bits per heavy atom. The number of nitrogens with two attached hydrogens (primary N) is 1. The normalized spacial score (nSPS) is 19.4. The van der Waals surface area contributed by atoms with E-state index in [1.807, 2.05) is 29.2 Å². The average molecular weight is 404 g/mol. The van der Waals surface area contributed by atoms with Gasteiger partial charge >= 0.3 is 0 Å². The number of morpholine rings is 1. The number of rotatable bonds is 3. The highest BCUT2D eigenvalue weighted by Gasteiger charge is 2.25. The Morgan fingerprint density at radius 2 is 2.09 bits per heavy atom. The van der Waals surface area contributed by atoms with Gasteiger partial charge < -0.3 is 9.64 Å². The fourth-order valence-corrected chi connectivity index (χ4v) is 4.07. The summed E-state index contributed by atoms with van der Waals surface area (Å²) >= 11 is 4.50. The van der Waals surface area contributed by atoms with Crippen molar-refractivity contribution in [3.8, 4) is 0 Å². The summed E-state index contributed by atoms with van der Waals surface area (Å²) < 4.78 is 29.6. The zero-order valence-electron chi connectivity index (χ0n) is 11.5. The number of anilines is 1. The van der Waals surface area contributed by atoms with Crippen molar-refractivity contribution in [2.75, 3.05) is 24.6 Å². The van der Waals surface area contributed by atoms with Gasteiger partial charge in [-0.25, -0.2) is 18.5 Å². The summed E-state index contributed by atoms with van der Waals surface area (Å²) in [6.45, 7) is 1.86. The summed E-state index contributed by atoms with van der Waals surface area (Å²) in [7, 11) is -3.70. The van der Waals surface area contributed by atoms with E-state index in [-0.39, 0.29) is 10.3 Å². The summed E-state index contributed by atoms with van der Waals surface area (Å²) in [5, 5.41) is 5.77. The molecular formula is C13H14BrN3O3S2. The molecule has 1 aromatic heterocycles. The monoisotopic (exact) mass is 403 g/mol. The van der Waals surface area contributed by atoms with Crippen LogP contribution >= 0.6 is 27.3 Å². The molecule has 2 aromatic rings. The lowest BCUT2D eigenvalue weighted by Crippen LogP contribution is -2.38. The standard InChI is InChI=1S/C13H14BrN3O3S2/c14-10-3-1-9(2-4-10)11-8-17(5-6-20-11)13-16-7-12(21-13)22(15,18)19/h1-4,7,11H,5-6,8H2,(H2,15,18,19). The fraction of sp³-hybridized carbons (Fsp3) is 0.308. The molecule has 2 N–H and O–H groups in total. The number of nitrogens with zero attached hydrogens (tertiary/aromatic N) is 2. The van der Waals surface area contributed by atoms with Crippen molar-refractivity contribution in [2.24, 2.45) is 5.14 Å². The van der Waals surface area contributed by atoms with Crippen molar-refractivity contribution in [1.82, 2.24) is 4.98 Å². The first-order valence-corrected chi connectivity index (χ1v) is 9.70. The number of sulfonamides is 1. The van der Waals surface area contributed by atoms with E-state index < -0.39 is 10.0 Å². The van der Waals surface area contributed by atoms with Gasteiger partial charge in [-0.2, -0.15) is 0 Å². The van der Waals surface area contributed by atoms with Crippen molar-refractivity contribution in [3.05, 3.63) is 40.5 Å². The zero-order chi connectivity index (χ0) is 15.7. The summed E-state index contributed by atoms with van der Waals surface area (Å²) in [6.07, 6.45) is 1.24. The van der Waals surface area contributed by atoms with Crippen LogP contribution in [0.15, 0.2) is 39.1 Å². The van der Waals surface area contributed by atoms with Gasteiger partial charge in [0.05, 0.1) is 19.3 Å². The molecule has 6 nitrogen and oxygen atoms in total. The molecule has 1 aromatic carbocycles. The highest BCUT2D eigenvalue weighted by molar-refractivity contribution is 9.10. The van der Waals surface area contributed by atoms with Crippen LogP contribution in [0.4, 0.5) is 5.13 Å². The molecule has 1 atom stereocenters. The number of thiazole rings is 1. The average Bonchev–Trinajstić information content (AvgIpc) is 2.98. The minimum Gasteiger partial charge on any atom is -0.370 e. The van der Waals surface area contributed by atoms with E-state index in [4.69, 9.17) is 9.88 Å². The second-order valence-corrected chi connectivity index (χ2v) is 8.58. The summed E-state index contributed by atoms with van der Waals surface area (Å²) in [4.78, 5) is 6.19. The van der Waals surface area contributed by atoms with Crippen molar-refractivity contribution >= 4 is 42.4 Å². The molecule has 3 rings (SSSR count). The number of aromatic nitrogens is 1. The first-order chi connectivity index (χ1) is 10.4. The molecule has 0 aliphatic carbocycles. The third-order valence-corrected chi connectivity index (χ3v) is 6.33. The van der Waals surface area contributed by atoms with Gasteiger partial charge in [0.1, 0.15) is 6.10 Å². The number of benzene rings is 1. The van der Waals surface area contributed by atoms with Gasteiger partial charge in [-0.05, 0) is 17.7 Å². The summed E-state index contributed by atoms with van der Waals surface area (Å²) in [5.74, 6) is 0. The molecule has 1 fully saturated rings. The number of ether oxygens (including phenoxy) is 1. The van der Waals surface area contributed by atoms with E-state index in [0.717, 1.165) is 21.4 Å². The van der Waals surface area contributed by atoms with Crippen LogP contribution in [0.25, 0.3) is 0 Å². The van der Waals surface area contributed by atoms with Gasteiger partial charge in [0.15, 0.2) is 9.34 Å². The number of hydrogen-bond acceptors (Lipinski definition) is 6. The zero-order valence-corrected chi connectivity index (χ0v) is 14.7. The van der Waals surface area contributed by atoms with E-state index in [9.17, 15) is 8.42 Å². The van der Waals surface area contributed by atoms with E-state index in [1.165, 1.54) is 6.20 Å². The molecule has 1 unspecified atom stereocenters. The van der Waals surface area contributed by atoms with E-state index >= 15 is 0 Å². The predicted octanol–water partition coefficient (Wildman–Crippen LogP) is 2.13. The van der Waals surface area contributed by atoms with Gasteiger partial charge in [-0.15, -0.1) is 0 Å². The predicted molar refractivity (Wildman–Crippen MR) is 88.5 cm³/mol. The molecule has 0 amide bonds. The lowest BCUT2D eigenvalue weighted by atomic mass is 10.1. The molecule has 0 spiro atoms. The molecule has 9 heteroatoms. The fourth-order valence-electron chi connectivity index (χ4n) is 2.23. The molecule has 0 saturated carbocycles. The summed E-state index contributed by atoms with van der Waals surface area (Å²) in [6, 6.07) is 7.96. The third-order valence-electron chi connectivity index (χ3n) is 3.33. The van der Waals surface area contributed by atoms with Crippen molar-refractivity contribution in [3.63, 3.8) is 0 Å². The van der Waals surface area contributed by atoms with Crippen LogP contribution in [0.3, 0.4) is 0 Å². The van der Waals surface area contributed by atoms with Gasteiger partial charge in [-0.3, -0.25) is 0 Å². The lowest BCUT2D eigenvalue weighted by Gasteiger charge is -2.33. The Labute approximate surface area is 141 Å². The molecule has 1 aliphatic rings. The molecule has 1 saturated heterocycles. The second-order valence-electron chi connectivity index (χ2n) is 4.86. The Balaban J connectivity index is 1.78. The topological polar surface area (TPSA) is 85.5 Å². The van der Waals surface area contributed by atoms with Crippen LogP contribution in [-0.2, 0) is 14.8 Å². The molecule has 2 heterocycles. The second kappa shape index (κ2) is 6.25. The highest BCUT2D eigenvalue weighted by atomic mass is 79.9. The van der Waals surface area contributed by atoms with E-state index in [2.05, 4.69) is 20.9 Å². The summed E-state index contributed by atoms with van der Waals surface area (Å²) in [5.41, 5.74) is 1.08. The van der Waals surface area contributed by atoms with Gasteiger partial charge in [0.25, 0.3) is 0 Å². The highest BCUT2D eigenvalue weighted by Crippen LogP contribution is 2.30. The molecule has 22 heavy (non-hydrogen) atoms. The molecule has 0 bridgehead atoms. The SMILES string of the molecule is NS(=O)(=O)c1cnc(N2CCOC(c3ccc(Br)cc3)C2)s1. The van der Waals surface area contributed by atoms with Crippen LogP contribution < -0.4 is 10.0 Å². The Hall–Kier alpha value is -1.000. The van der Waals surface area contributed by atoms with E-state index in [0.29, 0.717) is 24.8 Å². The minimum atomic E-state index is -3.70. The number of hydrogen-bond donors (Lipinski definition) is 1. The van der Waals surface area contributed by atoms with Crippen molar-refractivity contribution in [2.45, 2.75) is 10.3 Å². The third kappa shape index (κ3) is 3.49. The van der Waals surface area contributed by atoms with Crippen molar-refractivity contribution in [1.29, 1.82) is 0 Å². The van der Waals surface area contributed by atoms with Crippen LogP contribution in [0, 0.1) is 0 Å². The lowest BCUT2D eigenvalue weighted by molar-refractivity contribution is 0.0398. The smallest absolute Gasteiger partial charge is 0.249 e. The largest absolute Gasteiger partial charge is 0.370 e. The number of halogens is 1. The van der Waals surface area contributed by atoms with Gasteiger partial charge in [-0.1, -0.05) is 39.4 Å². The first kappa shape index (κ1) is 15.9. The maximum absolute atomic E-state index is 11.3. The number of primary sulfonamides is 1. The van der Waals surface area contributed by atoms with Gasteiger partial charge in [0, 0.05) is 11.0 Å². The quantitative estimate of drug-likeness (QED) is 0.847. The van der Waals surface area contributed by atoms with E-state index in [1.54, 1.807) is 0 Å². The first-order valence-electron chi connectivity index (χ1n) is 6.54. The van der Waals surface area contributed by atoms with Crippen LogP contribution in [0.2, 0.25) is 0 Å². The van der Waals surface area contributed by atoms with Crippen LogP contribution in [0.1, 0.15) is 11.7 Å². The minimum absolute atomic E-state index is 0.0660. The Kier molecular flexibility index (Phi) is 4.51. The maximum Gasteiger partial charge on any atom is 0.249 e.